The first-order chi connectivity index (χ1) is 10.2. The lowest BCUT2D eigenvalue weighted by atomic mass is 10.0. The first kappa shape index (κ1) is 13.0. The highest BCUT2D eigenvalue weighted by Gasteiger charge is 2.27. The van der Waals surface area contributed by atoms with Crippen molar-refractivity contribution in [1.29, 1.82) is 0 Å². The Labute approximate surface area is 126 Å². The van der Waals surface area contributed by atoms with E-state index in [4.69, 9.17) is 4.74 Å². The number of hydrogen-bond acceptors (Lipinski definition) is 5. The second-order valence-electron chi connectivity index (χ2n) is 5.41. The Hall–Kier alpha value is -1.73. The number of ether oxygens (including phenoxy) is 1. The number of thiazole rings is 1. The van der Waals surface area contributed by atoms with E-state index in [1.807, 2.05) is 17.9 Å². The number of rotatable bonds is 2. The summed E-state index contributed by atoms with van der Waals surface area (Å²) in [6.07, 6.45) is 5.21. The summed E-state index contributed by atoms with van der Waals surface area (Å²) in [5.74, 6) is -0.0787. The number of anilines is 1. The van der Waals surface area contributed by atoms with Crippen molar-refractivity contribution in [1.82, 2.24) is 14.8 Å². The zero-order chi connectivity index (χ0) is 14.4. The Balaban J connectivity index is 1.59. The van der Waals surface area contributed by atoms with Gasteiger partial charge < -0.3 is 4.74 Å². The van der Waals surface area contributed by atoms with Crippen molar-refractivity contribution < 1.29 is 9.53 Å². The smallest absolute Gasteiger partial charge is 0.255 e. The molecule has 1 aliphatic carbocycles. The maximum atomic E-state index is 12.1. The predicted octanol–water partition coefficient (Wildman–Crippen LogP) is 1.76. The average Bonchev–Trinajstić information content (AvgIpc) is 3.17. The van der Waals surface area contributed by atoms with Gasteiger partial charge in [-0.25, -0.2) is 4.98 Å². The van der Waals surface area contributed by atoms with Crippen LogP contribution in [0, 0.1) is 0 Å². The quantitative estimate of drug-likeness (QED) is 0.918. The Morgan fingerprint density at radius 3 is 3.24 bits per heavy atom. The van der Waals surface area contributed by atoms with Gasteiger partial charge in [-0.05, 0) is 25.7 Å². The van der Waals surface area contributed by atoms with Gasteiger partial charge in [-0.3, -0.25) is 14.8 Å². The molecule has 21 heavy (non-hydrogen) atoms. The first-order valence-corrected chi connectivity index (χ1v) is 7.97. The number of aryl methyl sites for hydroxylation is 2. The summed E-state index contributed by atoms with van der Waals surface area (Å²) in [7, 11) is 1.95. The molecule has 6 nitrogen and oxygen atoms in total. The summed E-state index contributed by atoms with van der Waals surface area (Å²) in [5, 5.41) is 7.86. The van der Waals surface area contributed by atoms with Crippen LogP contribution >= 0.6 is 11.3 Å². The van der Waals surface area contributed by atoms with Crippen molar-refractivity contribution in [3.63, 3.8) is 0 Å². The zero-order valence-corrected chi connectivity index (χ0v) is 12.6. The summed E-state index contributed by atoms with van der Waals surface area (Å²) >= 11 is 1.56. The summed E-state index contributed by atoms with van der Waals surface area (Å²) in [6, 6.07) is 0. The summed E-state index contributed by atoms with van der Waals surface area (Å²) in [4.78, 5) is 17.9. The van der Waals surface area contributed by atoms with E-state index < -0.39 is 0 Å². The molecule has 4 rings (SSSR count). The van der Waals surface area contributed by atoms with Crippen molar-refractivity contribution in [3.8, 4) is 11.3 Å². The number of nitrogens with one attached hydrogen (secondary N) is 1. The molecule has 0 spiro atoms. The summed E-state index contributed by atoms with van der Waals surface area (Å²) < 4.78 is 7.31. The van der Waals surface area contributed by atoms with Crippen molar-refractivity contribution in [2.75, 3.05) is 11.9 Å². The third-order valence-electron chi connectivity index (χ3n) is 4.06. The van der Waals surface area contributed by atoms with Crippen molar-refractivity contribution in [2.45, 2.75) is 31.8 Å². The van der Waals surface area contributed by atoms with E-state index in [0.29, 0.717) is 11.7 Å². The minimum Gasteiger partial charge on any atom is -0.368 e. The van der Waals surface area contributed by atoms with Crippen LogP contribution in [0.15, 0.2) is 6.20 Å². The number of nitrogens with zero attached hydrogens (tertiary/aromatic N) is 3. The highest BCUT2D eigenvalue weighted by Crippen LogP contribution is 2.37. The monoisotopic (exact) mass is 304 g/mol. The zero-order valence-electron chi connectivity index (χ0n) is 11.8. The lowest BCUT2D eigenvalue weighted by molar-refractivity contribution is -0.124. The molecule has 0 aromatic carbocycles. The average molecular weight is 304 g/mol. The van der Waals surface area contributed by atoms with Crippen LogP contribution in [0.2, 0.25) is 0 Å². The van der Waals surface area contributed by atoms with Crippen LogP contribution in [-0.4, -0.2) is 33.4 Å². The fourth-order valence-corrected chi connectivity index (χ4v) is 3.92. The molecule has 3 heterocycles. The van der Waals surface area contributed by atoms with Crippen molar-refractivity contribution in [3.05, 3.63) is 16.8 Å². The molecule has 7 heteroatoms. The number of amides is 1. The lowest BCUT2D eigenvalue weighted by Crippen LogP contribution is -2.26. The molecular formula is C14H16N4O2S. The third-order valence-corrected chi connectivity index (χ3v) is 5.09. The van der Waals surface area contributed by atoms with Crippen LogP contribution in [0.25, 0.3) is 11.3 Å². The van der Waals surface area contributed by atoms with Gasteiger partial charge in [-0.2, -0.15) is 5.10 Å². The van der Waals surface area contributed by atoms with E-state index in [-0.39, 0.29) is 12.0 Å². The fraction of sp³-hybridized carbons (Fsp3) is 0.500. The van der Waals surface area contributed by atoms with Crippen LogP contribution in [0.4, 0.5) is 5.13 Å². The molecule has 110 valence electrons. The molecule has 2 aliphatic rings. The Morgan fingerprint density at radius 1 is 1.52 bits per heavy atom. The highest BCUT2D eigenvalue weighted by atomic mass is 32.1. The molecule has 1 saturated heterocycles. The number of carbonyl (C=O) groups excluding carboxylic acids is 1. The van der Waals surface area contributed by atoms with Gasteiger partial charge in [0.05, 0.1) is 11.9 Å². The van der Waals surface area contributed by atoms with Crippen LogP contribution in [-0.2, 0) is 29.4 Å². The molecule has 1 aliphatic heterocycles. The number of carbonyl (C=O) groups is 1. The first-order valence-electron chi connectivity index (χ1n) is 7.16. The second kappa shape index (κ2) is 4.92. The molecule has 0 bridgehead atoms. The largest absolute Gasteiger partial charge is 0.368 e. The number of fused-ring (bicyclic) bond motifs is 3. The standard InChI is InChI=1S/C14H16N4O2S/c1-18-9-4-5-11-12(8(9)7-15-18)16-14(21-11)17-13(19)10-3-2-6-20-10/h7,10H,2-6H2,1H3,(H,16,17,19)/t10-/m0/s1. The molecule has 1 N–H and O–H groups in total. The van der Waals surface area contributed by atoms with Crippen LogP contribution in [0.1, 0.15) is 23.4 Å². The van der Waals surface area contributed by atoms with E-state index in [0.717, 1.165) is 36.9 Å². The van der Waals surface area contributed by atoms with Crippen LogP contribution in [0.3, 0.4) is 0 Å². The molecule has 1 atom stereocenters. The summed E-state index contributed by atoms with van der Waals surface area (Å²) in [5.41, 5.74) is 3.27. The van der Waals surface area contributed by atoms with Crippen molar-refractivity contribution >= 4 is 22.4 Å². The maximum absolute atomic E-state index is 12.1. The molecule has 2 aromatic heterocycles. The number of hydrogen-bond donors (Lipinski definition) is 1. The minimum atomic E-state index is -0.320. The molecule has 1 amide bonds. The van der Waals surface area contributed by atoms with E-state index in [1.165, 1.54) is 10.6 Å². The normalized spacial score (nSPS) is 20.1. The van der Waals surface area contributed by atoms with E-state index in [9.17, 15) is 4.79 Å². The van der Waals surface area contributed by atoms with Gasteiger partial charge in [0.2, 0.25) is 0 Å². The van der Waals surface area contributed by atoms with Gasteiger partial charge in [-0.1, -0.05) is 0 Å². The van der Waals surface area contributed by atoms with Gasteiger partial charge in [0.1, 0.15) is 6.10 Å². The maximum Gasteiger partial charge on any atom is 0.255 e. The highest BCUT2D eigenvalue weighted by molar-refractivity contribution is 7.16. The summed E-state index contributed by atoms with van der Waals surface area (Å²) in [6.45, 7) is 0.672. The molecule has 1 fully saturated rings. The molecule has 2 aromatic rings. The Bertz CT molecular complexity index is 700. The van der Waals surface area contributed by atoms with E-state index in [2.05, 4.69) is 15.4 Å². The minimum absolute atomic E-state index is 0.0787. The van der Waals surface area contributed by atoms with Crippen LogP contribution in [0.5, 0.6) is 0 Å². The molecular weight excluding hydrogens is 288 g/mol. The Kier molecular flexibility index (Phi) is 3.04. The Morgan fingerprint density at radius 2 is 2.43 bits per heavy atom. The SMILES string of the molecule is Cn1ncc2c1CCc1sc(NC(=O)[C@@H]3CCCO3)nc1-2. The van der Waals surface area contributed by atoms with Crippen LogP contribution < -0.4 is 5.32 Å². The number of aromatic nitrogens is 3. The third kappa shape index (κ3) is 2.16. The van der Waals surface area contributed by atoms with E-state index in [1.54, 1.807) is 11.3 Å². The topological polar surface area (TPSA) is 69.0 Å². The lowest BCUT2D eigenvalue weighted by Gasteiger charge is -2.10. The van der Waals surface area contributed by atoms with E-state index >= 15 is 0 Å². The van der Waals surface area contributed by atoms with Crippen molar-refractivity contribution in [2.24, 2.45) is 7.05 Å². The molecule has 0 radical (unpaired) electrons. The van der Waals surface area contributed by atoms with Gasteiger partial charge >= 0.3 is 0 Å². The fourth-order valence-electron chi connectivity index (χ4n) is 2.94. The predicted molar refractivity (Wildman–Crippen MR) is 79.3 cm³/mol. The van der Waals surface area contributed by atoms with Gasteiger partial charge in [0.15, 0.2) is 5.13 Å². The molecule has 0 saturated carbocycles. The van der Waals surface area contributed by atoms with Gasteiger partial charge in [0.25, 0.3) is 5.91 Å². The van der Waals surface area contributed by atoms with Gasteiger partial charge in [0, 0.05) is 29.8 Å². The second-order valence-corrected chi connectivity index (χ2v) is 6.49. The van der Waals surface area contributed by atoms with Gasteiger partial charge in [-0.15, -0.1) is 11.3 Å². The molecule has 0 unspecified atom stereocenters.